The molecule has 0 aliphatic rings. The summed E-state index contributed by atoms with van der Waals surface area (Å²) < 4.78 is 2.29. The fourth-order valence-electron chi connectivity index (χ4n) is 5.35. The zero-order chi connectivity index (χ0) is 28.6. The normalized spacial score (nSPS) is 11.3. The largest absolute Gasteiger partial charge is 0.253 e. The molecule has 4 aromatic heterocycles. The molecule has 0 radical (unpaired) electrons. The third-order valence-corrected chi connectivity index (χ3v) is 8.61. The van der Waals surface area contributed by atoms with Crippen LogP contribution in [0.1, 0.15) is 0 Å². The Morgan fingerprint density at radius 3 is 1.60 bits per heavy atom. The minimum atomic E-state index is 0.638. The first-order chi connectivity index (χ1) is 21.3. The molecule has 0 saturated carbocycles. The van der Waals surface area contributed by atoms with Gasteiger partial charge in [0.15, 0.2) is 17.5 Å². The lowest BCUT2D eigenvalue weighted by Crippen LogP contribution is -2.00. The van der Waals surface area contributed by atoms with E-state index in [0.29, 0.717) is 17.5 Å². The molecule has 0 spiro atoms. The molecule has 8 aromatic rings. The molecule has 43 heavy (non-hydrogen) atoms. The van der Waals surface area contributed by atoms with Crippen molar-refractivity contribution in [2.45, 2.75) is 0 Å². The van der Waals surface area contributed by atoms with Crippen LogP contribution in [-0.4, -0.2) is 24.9 Å². The van der Waals surface area contributed by atoms with Crippen molar-refractivity contribution in [3.8, 4) is 56.4 Å². The molecule has 0 fully saturated rings. The summed E-state index contributed by atoms with van der Waals surface area (Å²) in [6.07, 6.45) is 3.70. The van der Waals surface area contributed by atoms with Gasteiger partial charge in [-0.25, -0.2) is 15.0 Å². The maximum atomic E-state index is 4.92. The van der Waals surface area contributed by atoms with Gasteiger partial charge in [-0.05, 0) is 47.0 Å². The van der Waals surface area contributed by atoms with Crippen LogP contribution in [0.3, 0.4) is 0 Å². The van der Waals surface area contributed by atoms with E-state index in [-0.39, 0.29) is 0 Å². The molecule has 4 aromatic carbocycles. The van der Waals surface area contributed by atoms with Crippen LogP contribution >= 0.6 is 11.3 Å². The first kappa shape index (κ1) is 25.1. The van der Waals surface area contributed by atoms with Gasteiger partial charge in [0.1, 0.15) is 11.0 Å². The lowest BCUT2D eigenvalue weighted by atomic mass is 9.98. The van der Waals surface area contributed by atoms with E-state index in [9.17, 15) is 0 Å². The maximum absolute atomic E-state index is 4.92. The van der Waals surface area contributed by atoms with Crippen molar-refractivity contribution in [3.63, 3.8) is 0 Å². The van der Waals surface area contributed by atoms with Crippen molar-refractivity contribution in [3.05, 3.63) is 140 Å². The zero-order valence-corrected chi connectivity index (χ0v) is 23.7. The SMILES string of the molecule is c1ccc(-c2nc(-c3ccccc3)nc(-c3cccc(-c4cccc(-c5ccnc6c5sc5cccnc56)c4)c3)n2)cc1. The van der Waals surface area contributed by atoms with Gasteiger partial charge in [0.25, 0.3) is 0 Å². The highest BCUT2D eigenvalue weighted by Crippen LogP contribution is 2.39. The van der Waals surface area contributed by atoms with Crippen molar-refractivity contribution in [2.75, 3.05) is 0 Å². The van der Waals surface area contributed by atoms with E-state index in [2.05, 4.69) is 70.6 Å². The number of aromatic nitrogens is 5. The standard InChI is InChI=1S/C37H23N5S/c1-3-10-24(11-4-1)35-40-36(25-12-5-2-6-13-25)42-37(41-35)29-17-8-15-27(23-29)26-14-7-16-28(22-26)30-19-21-39-33-32-31(43-34(30)33)18-9-20-38-32/h1-23H. The van der Waals surface area contributed by atoms with E-state index in [4.69, 9.17) is 15.0 Å². The predicted molar refractivity (Wildman–Crippen MR) is 175 cm³/mol. The Labute approximate surface area is 252 Å². The highest BCUT2D eigenvalue weighted by molar-refractivity contribution is 7.26. The van der Waals surface area contributed by atoms with Gasteiger partial charge in [0.05, 0.1) is 9.40 Å². The van der Waals surface area contributed by atoms with E-state index in [1.54, 1.807) is 11.3 Å². The molecule has 0 unspecified atom stereocenters. The van der Waals surface area contributed by atoms with Crippen LogP contribution < -0.4 is 0 Å². The van der Waals surface area contributed by atoms with Gasteiger partial charge in [-0.15, -0.1) is 11.3 Å². The van der Waals surface area contributed by atoms with Crippen molar-refractivity contribution in [1.82, 2.24) is 24.9 Å². The van der Waals surface area contributed by atoms with Crippen molar-refractivity contribution in [2.24, 2.45) is 0 Å². The molecule has 0 N–H and O–H groups in total. The second-order valence-corrected chi connectivity index (χ2v) is 11.2. The van der Waals surface area contributed by atoms with E-state index in [1.165, 1.54) is 0 Å². The van der Waals surface area contributed by atoms with Gasteiger partial charge in [-0.1, -0.05) is 97.1 Å². The summed E-state index contributed by atoms with van der Waals surface area (Å²) in [4.78, 5) is 23.9. The monoisotopic (exact) mass is 569 g/mol. The Morgan fingerprint density at radius 1 is 0.395 bits per heavy atom. The molecule has 0 atom stereocenters. The predicted octanol–water partition coefficient (Wildman–Crippen LogP) is 9.36. The zero-order valence-electron chi connectivity index (χ0n) is 22.9. The Balaban J connectivity index is 1.22. The fraction of sp³-hybridized carbons (Fsp3) is 0. The lowest BCUT2D eigenvalue weighted by molar-refractivity contribution is 1.07. The molecule has 6 heteroatoms. The molecule has 0 amide bonds. The van der Waals surface area contributed by atoms with E-state index >= 15 is 0 Å². The van der Waals surface area contributed by atoms with E-state index in [1.807, 2.05) is 79.1 Å². The number of nitrogens with zero attached hydrogens (tertiary/aromatic N) is 5. The molecule has 8 rings (SSSR count). The Bertz CT molecular complexity index is 2190. The second-order valence-electron chi connectivity index (χ2n) is 10.2. The van der Waals surface area contributed by atoms with Crippen LogP contribution in [0.2, 0.25) is 0 Å². The molecular weight excluding hydrogens is 547 g/mol. The van der Waals surface area contributed by atoms with Crippen LogP contribution in [0.15, 0.2) is 140 Å². The summed E-state index contributed by atoms with van der Waals surface area (Å²) in [7, 11) is 0. The minimum absolute atomic E-state index is 0.638. The Morgan fingerprint density at radius 2 is 0.930 bits per heavy atom. The van der Waals surface area contributed by atoms with Crippen molar-refractivity contribution < 1.29 is 0 Å². The summed E-state index contributed by atoms with van der Waals surface area (Å²) in [6.45, 7) is 0. The number of rotatable bonds is 5. The molecular formula is C37H23N5S. The third-order valence-electron chi connectivity index (χ3n) is 7.44. The summed E-state index contributed by atoms with van der Waals surface area (Å²) in [5, 5.41) is 0. The van der Waals surface area contributed by atoms with Crippen LogP contribution in [0, 0.1) is 0 Å². The van der Waals surface area contributed by atoms with Crippen molar-refractivity contribution >= 4 is 31.8 Å². The van der Waals surface area contributed by atoms with Crippen LogP contribution in [0.25, 0.3) is 76.9 Å². The molecule has 202 valence electrons. The highest BCUT2D eigenvalue weighted by Gasteiger charge is 2.15. The van der Waals surface area contributed by atoms with Crippen molar-refractivity contribution in [1.29, 1.82) is 0 Å². The van der Waals surface area contributed by atoms with Crippen LogP contribution in [-0.2, 0) is 0 Å². The van der Waals surface area contributed by atoms with Gasteiger partial charge < -0.3 is 0 Å². The molecule has 0 saturated heterocycles. The molecule has 0 bridgehead atoms. The quantitative estimate of drug-likeness (QED) is 0.207. The maximum Gasteiger partial charge on any atom is 0.164 e. The summed E-state index contributed by atoms with van der Waals surface area (Å²) >= 11 is 1.74. The van der Waals surface area contributed by atoms with Crippen LogP contribution in [0.4, 0.5) is 0 Å². The topological polar surface area (TPSA) is 64.5 Å². The van der Waals surface area contributed by atoms with Gasteiger partial charge >= 0.3 is 0 Å². The molecule has 4 heterocycles. The fourth-order valence-corrected chi connectivity index (χ4v) is 6.50. The number of hydrogen-bond donors (Lipinski definition) is 0. The first-order valence-electron chi connectivity index (χ1n) is 14.0. The van der Waals surface area contributed by atoms with Gasteiger partial charge in [0, 0.05) is 34.6 Å². The molecule has 0 aliphatic carbocycles. The average Bonchev–Trinajstić information content (AvgIpc) is 3.48. The molecule has 5 nitrogen and oxygen atoms in total. The van der Waals surface area contributed by atoms with Crippen LogP contribution in [0.5, 0.6) is 0 Å². The summed E-state index contributed by atoms with van der Waals surface area (Å²) in [6, 6.07) is 43.3. The number of fused-ring (bicyclic) bond motifs is 3. The van der Waals surface area contributed by atoms with Gasteiger partial charge in [-0.3, -0.25) is 9.97 Å². The molecule has 0 aliphatic heterocycles. The van der Waals surface area contributed by atoms with Gasteiger partial charge in [0.2, 0.25) is 0 Å². The van der Waals surface area contributed by atoms with E-state index in [0.717, 1.165) is 59.4 Å². The Hall–Kier alpha value is -5.59. The number of pyridine rings is 2. The number of hydrogen-bond acceptors (Lipinski definition) is 6. The number of benzene rings is 4. The number of thiophene rings is 1. The highest BCUT2D eigenvalue weighted by atomic mass is 32.1. The van der Waals surface area contributed by atoms with Gasteiger partial charge in [-0.2, -0.15) is 0 Å². The minimum Gasteiger partial charge on any atom is -0.253 e. The summed E-state index contributed by atoms with van der Waals surface area (Å²) in [5.41, 5.74) is 9.23. The second kappa shape index (κ2) is 10.7. The average molecular weight is 570 g/mol. The third kappa shape index (κ3) is 4.74. The first-order valence-corrected chi connectivity index (χ1v) is 14.8. The Kier molecular flexibility index (Phi) is 6.24. The summed E-state index contributed by atoms with van der Waals surface area (Å²) in [5.74, 6) is 1.94. The smallest absolute Gasteiger partial charge is 0.164 e. The van der Waals surface area contributed by atoms with E-state index < -0.39 is 0 Å². The lowest BCUT2D eigenvalue weighted by Gasteiger charge is -2.10.